The second-order valence-electron chi connectivity index (χ2n) is 3.78. The third-order valence-corrected chi connectivity index (χ3v) is 2.84. The standard InChI is InChI=1S/C11H18BrN3O/c1-15-8-10(14-9-15)11(16)13-7-5-3-2-4-6-12/h8-9H,2-7H2,1H3,(H,13,16). The molecule has 90 valence electrons. The average Bonchev–Trinajstić information content (AvgIpc) is 2.70. The van der Waals surface area contributed by atoms with Gasteiger partial charge in [0.05, 0.1) is 6.33 Å². The van der Waals surface area contributed by atoms with Crippen LogP contribution in [0.5, 0.6) is 0 Å². The van der Waals surface area contributed by atoms with E-state index >= 15 is 0 Å². The van der Waals surface area contributed by atoms with E-state index in [1.165, 1.54) is 12.8 Å². The number of carbonyl (C=O) groups is 1. The van der Waals surface area contributed by atoms with E-state index in [1.807, 2.05) is 7.05 Å². The lowest BCUT2D eigenvalue weighted by molar-refractivity contribution is 0.0948. The van der Waals surface area contributed by atoms with Gasteiger partial charge >= 0.3 is 0 Å². The van der Waals surface area contributed by atoms with Gasteiger partial charge in [-0.25, -0.2) is 4.98 Å². The first kappa shape index (κ1) is 13.2. The summed E-state index contributed by atoms with van der Waals surface area (Å²) >= 11 is 3.39. The molecule has 0 aliphatic rings. The molecule has 0 fully saturated rings. The predicted molar refractivity (Wildman–Crippen MR) is 67.8 cm³/mol. The van der Waals surface area contributed by atoms with E-state index in [4.69, 9.17) is 0 Å². The van der Waals surface area contributed by atoms with Crippen molar-refractivity contribution in [3.8, 4) is 0 Å². The van der Waals surface area contributed by atoms with Crippen LogP contribution in [-0.2, 0) is 7.05 Å². The van der Waals surface area contributed by atoms with Crippen molar-refractivity contribution in [3.63, 3.8) is 0 Å². The summed E-state index contributed by atoms with van der Waals surface area (Å²) < 4.78 is 1.77. The summed E-state index contributed by atoms with van der Waals surface area (Å²) in [6.45, 7) is 0.734. The molecule has 0 aliphatic heterocycles. The molecular weight excluding hydrogens is 270 g/mol. The van der Waals surface area contributed by atoms with Crippen LogP contribution in [0.15, 0.2) is 12.5 Å². The maximum atomic E-state index is 11.6. The fourth-order valence-corrected chi connectivity index (χ4v) is 1.79. The summed E-state index contributed by atoms with van der Waals surface area (Å²) in [6.07, 6.45) is 7.96. The Bertz CT molecular complexity index is 325. The molecule has 1 aromatic rings. The first-order valence-corrected chi connectivity index (χ1v) is 6.68. The minimum Gasteiger partial charge on any atom is -0.351 e. The van der Waals surface area contributed by atoms with Gasteiger partial charge < -0.3 is 9.88 Å². The number of halogens is 1. The highest BCUT2D eigenvalue weighted by Gasteiger charge is 2.06. The van der Waals surface area contributed by atoms with E-state index in [2.05, 4.69) is 26.2 Å². The molecule has 1 aromatic heterocycles. The van der Waals surface area contributed by atoms with Crippen molar-refractivity contribution in [1.82, 2.24) is 14.9 Å². The van der Waals surface area contributed by atoms with Gasteiger partial charge in [-0.1, -0.05) is 28.8 Å². The van der Waals surface area contributed by atoms with Gasteiger partial charge in [0.25, 0.3) is 5.91 Å². The van der Waals surface area contributed by atoms with Crippen LogP contribution < -0.4 is 5.32 Å². The molecule has 0 aromatic carbocycles. The topological polar surface area (TPSA) is 46.9 Å². The highest BCUT2D eigenvalue weighted by Crippen LogP contribution is 2.01. The summed E-state index contributed by atoms with van der Waals surface area (Å²) in [5.41, 5.74) is 0.489. The average molecular weight is 288 g/mol. The number of hydrogen-bond donors (Lipinski definition) is 1. The Balaban J connectivity index is 2.11. The Hall–Kier alpha value is -0.840. The monoisotopic (exact) mass is 287 g/mol. The maximum Gasteiger partial charge on any atom is 0.271 e. The van der Waals surface area contributed by atoms with E-state index < -0.39 is 0 Å². The van der Waals surface area contributed by atoms with Crippen LogP contribution in [0.25, 0.3) is 0 Å². The predicted octanol–water partition coefficient (Wildman–Crippen LogP) is 2.11. The maximum absolute atomic E-state index is 11.6. The lowest BCUT2D eigenvalue weighted by atomic mass is 10.2. The van der Waals surface area contributed by atoms with Gasteiger partial charge in [-0.15, -0.1) is 0 Å². The molecule has 1 rings (SSSR count). The first-order chi connectivity index (χ1) is 7.74. The highest BCUT2D eigenvalue weighted by atomic mass is 79.9. The summed E-state index contributed by atoms with van der Waals surface area (Å²) in [4.78, 5) is 15.5. The molecule has 1 heterocycles. The van der Waals surface area contributed by atoms with Crippen molar-refractivity contribution in [2.75, 3.05) is 11.9 Å². The van der Waals surface area contributed by atoms with E-state index in [-0.39, 0.29) is 5.91 Å². The SMILES string of the molecule is Cn1cnc(C(=O)NCCCCCCBr)c1. The molecule has 4 nitrogen and oxygen atoms in total. The molecule has 1 amide bonds. The van der Waals surface area contributed by atoms with Crippen molar-refractivity contribution in [2.24, 2.45) is 7.05 Å². The molecular formula is C11H18BrN3O. The molecule has 0 bridgehead atoms. The number of imidazole rings is 1. The third-order valence-electron chi connectivity index (χ3n) is 2.28. The van der Waals surface area contributed by atoms with E-state index in [0.717, 1.165) is 24.7 Å². The molecule has 0 aliphatic carbocycles. The molecule has 5 heteroatoms. The van der Waals surface area contributed by atoms with Gasteiger partial charge in [0.15, 0.2) is 0 Å². The van der Waals surface area contributed by atoms with Crippen LogP contribution in [0.1, 0.15) is 36.2 Å². The number of carbonyl (C=O) groups excluding carboxylic acids is 1. The van der Waals surface area contributed by atoms with Crippen molar-refractivity contribution in [3.05, 3.63) is 18.2 Å². The lowest BCUT2D eigenvalue weighted by Gasteiger charge is -2.02. The number of amides is 1. The van der Waals surface area contributed by atoms with Crippen LogP contribution in [0.4, 0.5) is 0 Å². The zero-order valence-electron chi connectivity index (χ0n) is 9.58. The second-order valence-corrected chi connectivity index (χ2v) is 4.58. The number of aromatic nitrogens is 2. The van der Waals surface area contributed by atoms with Crippen LogP contribution in [0, 0.1) is 0 Å². The Morgan fingerprint density at radius 1 is 1.44 bits per heavy atom. The largest absolute Gasteiger partial charge is 0.351 e. The van der Waals surface area contributed by atoms with Crippen LogP contribution >= 0.6 is 15.9 Å². The Morgan fingerprint density at radius 2 is 2.19 bits per heavy atom. The van der Waals surface area contributed by atoms with Gasteiger partial charge in [0.1, 0.15) is 5.69 Å². The fourth-order valence-electron chi connectivity index (χ4n) is 1.40. The number of rotatable bonds is 7. The zero-order chi connectivity index (χ0) is 11.8. The Kier molecular flexibility index (Phi) is 6.15. The quantitative estimate of drug-likeness (QED) is 0.617. The van der Waals surface area contributed by atoms with Crippen molar-refractivity contribution < 1.29 is 4.79 Å². The molecule has 16 heavy (non-hydrogen) atoms. The minimum atomic E-state index is -0.0823. The molecule has 0 saturated heterocycles. The summed E-state index contributed by atoms with van der Waals surface area (Å²) in [6, 6.07) is 0. The second kappa shape index (κ2) is 7.44. The number of unbranched alkanes of at least 4 members (excludes halogenated alkanes) is 3. The lowest BCUT2D eigenvalue weighted by Crippen LogP contribution is -2.24. The van der Waals surface area contributed by atoms with E-state index in [9.17, 15) is 4.79 Å². The van der Waals surface area contributed by atoms with E-state index in [0.29, 0.717) is 5.69 Å². The van der Waals surface area contributed by atoms with Gasteiger partial charge in [0, 0.05) is 25.1 Å². The van der Waals surface area contributed by atoms with Gasteiger partial charge in [-0.3, -0.25) is 4.79 Å². The van der Waals surface area contributed by atoms with Gasteiger partial charge in [-0.05, 0) is 12.8 Å². The fraction of sp³-hybridized carbons (Fsp3) is 0.636. The normalized spacial score (nSPS) is 10.4. The Labute approximate surface area is 105 Å². The molecule has 0 unspecified atom stereocenters. The van der Waals surface area contributed by atoms with Crippen LogP contribution in [0.2, 0.25) is 0 Å². The molecule has 1 N–H and O–H groups in total. The third kappa shape index (κ3) is 4.79. The van der Waals surface area contributed by atoms with Crippen molar-refractivity contribution in [1.29, 1.82) is 0 Å². The highest BCUT2D eigenvalue weighted by molar-refractivity contribution is 9.09. The Morgan fingerprint density at radius 3 is 2.81 bits per heavy atom. The number of nitrogens with zero attached hydrogens (tertiary/aromatic N) is 2. The summed E-state index contributed by atoms with van der Waals surface area (Å²) in [5, 5.41) is 3.93. The molecule has 0 atom stereocenters. The van der Waals surface area contributed by atoms with E-state index in [1.54, 1.807) is 17.1 Å². The number of alkyl halides is 1. The molecule has 0 radical (unpaired) electrons. The van der Waals surface area contributed by atoms with Gasteiger partial charge in [-0.2, -0.15) is 0 Å². The van der Waals surface area contributed by atoms with Crippen LogP contribution in [0.3, 0.4) is 0 Å². The molecule has 0 spiro atoms. The first-order valence-electron chi connectivity index (χ1n) is 5.56. The number of aryl methyl sites for hydroxylation is 1. The van der Waals surface area contributed by atoms with Gasteiger partial charge in [0.2, 0.25) is 0 Å². The number of hydrogen-bond acceptors (Lipinski definition) is 2. The molecule has 0 saturated carbocycles. The smallest absolute Gasteiger partial charge is 0.271 e. The van der Waals surface area contributed by atoms with Crippen LogP contribution in [-0.4, -0.2) is 27.3 Å². The summed E-state index contributed by atoms with van der Waals surface area (Å²) in [7, 11) is 1.85. The minimum absolute atomic E-state index is 0.0823. The van der Waals surface area contributed by atoms with Crippen molar-refractivity contribution >= 4 is 21.8 Å². The zero-order valence-corrected chi connectivity index (χ0v) is 11.2. The summed E-state index contributed by atoms with van der Waals surface area (Å²) in [5.74, 6) is -0.0823. The van der Waals surface area contributed by atoms with Crippen molar-refractivity contribution in [2.45, 2.75) is 25.7 Å². The number of nitrogens with one attached hydrogen (secondary N) is 1.